The molecule has 0 rings (SSSR count). The van der Waals surface area contributed by atoms with Crippen molar-refractivity contribution in [2.24, 2.45) is 0 Å². The van der Waals surface area contributed by atoms with E-state index in [-0.39, 0.29) is 5.78 Å². The maximum atomic E-state index is 11.3. The van der Waals surface area contributed by atoms with Crippen LogP contribution in [0.2, 0.25) is 0 Å². The van der Waals surface area contributed by atoms with E-state index in [1.165, 1.54) is 116 Å². The van der Waals surface area contributed by atoms with E-state index < -0.39 is 0 Å². The van der Waals surface area contributed by atoms with Crippen LogP contribution in [-0.4, -0.2) is 11.7 Å². The molecule has 0 radical (unpaired) electrons. The fourth-order valence-corrected chi connectivity index (χ4v) is 3.74. The van der Waals surface area contributed by atoms with E-state index in [2.05, 4.69) is 6.92 Å². The second kappa shape index (κ2) is 23.7. The Morgan fingerprint density at radius 2 is 1.00 bits per heavy atom. The highest BCUT2D eigenvalue weighted by Crippen LogP contribution is 2.14. The molecule has 0 saturated heterocycles. The number of hydrogen-bond donors (Lipinski definition) is 0. The van der Waals surface area contributed by atoms with Crippen LogP contribution in [0.4, 0.5) is 0 Å². The summed E-state index contributed by atoms with van der Waals surface area (Å²) in [6.45, 7) is 2.29. The molecule has 0 aliphatic heterocycles. The Kier molecular flexibility index (Phi) is 23.5. The van der Waals surface area contributed by atoms with E-state index in [9.17, 15) is 4.79 Å². The van der Waals surface area contributed by atoms with Gasteiger partial charge in [-0.05, 0) is 18.9 Å². The molecule has 0 aromatic carbocycles. The van der Waals surface area contributed by atoms with Gasteiger partial charge in [0.15, 0.2) is 5.78 Å². The number of hydrogen-bond acceptors (Lipinski definition) is 1. The molecule has 0 amide bonds. The predicted octanol–water partition coefficient (Wildman–Crippen LogP) is 9.17. The topological polar surface area (TPSA) is 17.1 Å². The molecule has 2 heteroatoms. The summed E-state index contributed by atoms with van der Waals surface area (Å²) in [5.41, 5.74) is 0. The van der Waals surface area contributed by atoms with Gasteiger partial charge in [0.25, 0.3) is 0 Å². The lowest BCUT2D eigenvalue weighted by Gasteiger charge is -2.03. The molecule has 0 N–H and O–H groups in total. The average molecular weight is 399 g/mol. The smallest absolute Gasteiger partial charge is 0.156 e. The standard InChI is InChI=1S/C25H47ClO/c1-2-3-4-5-6-7-8-9-10-11-12-13-14-15-16-17-18-19-20-21-22-25(27)23-24-26/h21-22H,2-20,23-24H2,1H3. The Hall–Kier alpha value is -0.300. The van der Waals surface area contributed by atoms with Gasteiger partial charge in [-0.3, -0.25) is 4.79 Å². The average Bonchev–Trinajstić information content (AvgIpc) is 2.66. The number of halogens is 1. The third-order valence-corrected chi connectivity index (χ3v) is 5.56. The van der Waals surface area contributed by atoms with Crippen LogP contribution in [0, 0.1) is 0 Å². The lowest BCUT2D eigenvalue weighted by Crippen LogP contribution is -1.92. The first-order chi connectivity index (χ1) is 13.3. The number of ketones is 1. The van der Waals surface area contributed by atoms with Crippen LogP contribution in [0.25, 0.3) is 0 Å². The predicted molar refractivity (Wildman–Crippen MR) is 123 cm³/mol. The van der Waals surface area contributed by atoms with Crippen LogP contribution in [-0.2, 0) is 4.79 Å². The Balaban J connectivity index is 3.08. The minimum Gasteiger partial charge on any atom is -0.295 e. The molecule has 0 aliphatic rings. The highest BCUT2D eigenvalue weighted by molar-refractivity contribution is 6.19. The zero-order valence-corrected chi connectivity index (χ0v) is 19.0. The van der Waals surface area contributed by atoms with E-state index >= 15 is 0 Å². The molecule has 0 saturated carbocycles. The van der Waals surface area contributed by atoms with Gasteiger partial charge in [0.1, 0.15) is 0 Å². The monoisotopic (exact) mass is 398 g/mol. The normalized spacial score (nSPS) is 11.5. The van der Waals surface area contributed by atoms with Gasteiger partial charge in [0.05, 0.1) is 0 Å². The third-order valence-electron chi connectivity index (χ3n) is 5.37. The maximum Gasteiger partial charge on any atom is 0.156 e. The molecule has 27 heavy (non-hydrogen) atoms. The van der Waals surface area contributed by atoms with E-state index in [0.29, 0.717) is 12.3 Å². The lowest BCUT2D eigenvalue weighted by atomic mass is 10.0. The van der Waals surface area contributed by atoms with Crippen molar-refractivity contribution in [1.29, 1.82) is 0 Å². The molecular weight excluding hydrogens is 352 g/mol. The zero-order chi connectivity index (χ0) is 19.8. The second-order valence-corrected chi connectivity index (χ2v) is 8.48. The van der Waals surface area contributed by atoms with Gasteiger partial charge in [-0.2, -0.15) is 0 Å². The van der Waals surface area contributed by atoms with Crippen LogP contribution in [0.5, 0.6) is 0 Å². The van der Waals surface area contributed by atoms with E-state index in [1.807, 2.05) is 6.08 Å². The molecule has 0 aliphatic carbocycles. The van der Waals surface area contributed by atoms with Crippen molar-refractivity contribution in [3.63, 3.8) is 0 Å². The Morgan fingerprint density at radius 1 is 0.630 bits per heavy atom. The van der Waals surface area contributed by atoms with E-state index in [4.69, 9.17) is 11.6 Å². The fraction of sp³-hybridized carbons (Fsp3) is 0.880. The van der Waals surface area contributed by atoms with Gasteiger partial charge < -0.3 is 0 Å². The van der Waals surface area contributed by atoms with Gasteiger partial charge in [0.2, 0.25) is 0 Å². The van der Waals surface area contributed by atoms with Crippen LogP contribution in [0.1, 0.15) is 135 Å². The summed E-state index contributed by atoms with van der Waals surface area (Å²) < 4.78 is 0. The molecule has 160 valence electrons. The van der Waals surface area contributed by atoms with Crippen molar-refractivity contribution in [2.45, 2.75) is 135 Å². The quantitative estimate of drug-likeness (QED) is 0.101. The van der Waals surface area contributed by atoms with Gasteiger partial charge in [0, 0.05) is 12.3 Å². The number of carbonyl (C=O) groups excluding carboxylic acids is 1. The van der Waals surface area contributed by atoms with Gasteiger partial charge in [-0.15, -0.1) is 11.6 Å². The number of allylic oxidation sites excluding steroid dienone is 2. The number of alkyl halides is 1. The molecule has 0 aromatic heterocycles. The summed E-state index contributed by atoms with van der Waals surface area (Å²) in [7, 11) is 0. The first-order valence-electron chi connectivity index (χ1n) is 12.1. The second-order valence-electron chi connectivity index (χ2n) is 8.11. The first kappa shape index (κ1) is 26.7. The lowest BCUT2D eigenvalue weighted by molar-refractivity contribution is -0.114. The summed E-state index contributed by atoms with van der Waals surface area (Å²) in [4.78, 5) is 11.3. The molecule has 0 unspecified atom stereocenters. The van der Waals surface area contributed by atoms with Crippen molar-refractivity contribution < 1.29 is 4.79 Å². The highest BCUT2D eigenvalue weighted by Gasteiger charge is 1.95. The molecule has 0 fully saturated rings. The molecule has 0 heterocycles. The van der Waals surface area contributed by atoms with Gasteiger partial charge in [-0.25, -0.2) is 0 Å². The van der Waals surface area contributed by atoms with Crippen molar-refractivity contribution in [2.75, 3.05) is 5.88 Å². The maximum absolute atomic E-state index is 11.3. The Morgan fingerprint density at radius 3 is 1.37 bits per heavy atom. The summed E-state index contributed by atoms with van der Waals surface area (Å²) in [6.07, 6.45) is 30.6. The molecule has 0 aromatic rings. The number of rotatable bonds is 22. The third kappa shape index (κ3) is 23.7. The summed E-state index contributed by atoms with van der Waals surface area (Å²) in [5.74, 6) is 0.593. The Labute approximate surface area is 175 Å². The Bertz CT molecular complexity index is 324. The molecule has 0 atom stereocenters. The largest absolute Gasteiger partial charge is 0.295 e. The van der Waals surface area contributed by atoms with Crippen LogP contribution in [0.15, 0.2) is 12.2 Å². The van der Waals surface area contributed by atoms with Crippen molar-refractivity contribution >= 4 is 17.4 Å². The molecular formula is C25H47ClO. The van der Waals surface area contributed by atoms with Crippen LogP contribution < -0.4 is 0 Å². The highest BCUT2D eigenvalue weighted by atomic mass is 35.5. The van der Waals surface area contributed by atoms with Gasteiger partial charge >= 0.3 is 0 Å². The summed E-state index contributed by atoms with van der Waals surface area (Å²) in [5, 5.41) is 0. The minimum atomic E-state index is 0.160. The van der Waals surface area contributed by atoms with Crippen LogP contribution in [0.3, 0.4) is 0 Å². The van der Waals surface area contributed by atoms with Crippen molar-refractivity contribution in [1.82, 2.24) is 0 Å². The first-order valence-corrected chi connectivity index (χ1v) is 12.6. The van der Waals surface area contributed by atoms with Crippen molar-refractivity contribution in [3.05, 3.63) is 12.2 Å². The molecule has 1 nitrogen and oxygen atoms in total. The summed E-state index contributed by atoms with van der Waals surface area (Å²) >= 11 is 5.54. The van der Waals surface area contributed by atoms with Crippen LogP contribution >= 0.6 is 11.6 Å². The zero-order valence-electron chi connectivity index (χ0n) is 18.3. The van der Waals surface area contributed by atoms with Crippen molar-refractivity contribution in [3.8, 4) is 0 Å². The minimum absolute atomic E-state index is 0.160. The molecule has 0 bridgehead atoms. The number of unbranched alkanes of at least 4 members (excludes halogenated alkanes) is 18. The summed E-state index contributed by atoms with van der Waals surface area (Å²) in [6, 6.07) is 0. The van der Waals surface area contributed by atoms with E-state index in [0.717, 1.165) is 6.42 Å². The SMILES string of the molecule is CCCCCCCCCCCCCCCCCCCCC=CC(=O)CCCl. The molecule has 0 spiro atoms. The fourth-order valence-electron chi connectivity index (χ4n) is 3.56. The van der Waals surface area contributed by atoms with E-state index in [1.54, 1.807) is 6.08 Å². The number of carbonyl (C=O) groups is 1. The van der Waals surface area contributed by atoms with Gasteiger partial charge in [-0.1, -0.05) is 122 Å².